The van der Waals surface area contributed by atoms with Crippen molar-refractivity contribution in [3.63, 3.8) is 0 Å². The lowest BCUT2D eigenvalue weighted by molar-refractivity contribution is 0.00578. The Bertz CT molecular complexity index is 587. The number of rotatable bonds is 4. The van der Waals surface area contributed by atoms with Crippen LogP contribution in [0, 0.1) is 23.4 Å². The highest BCUT2D eigenvalue weighted by atomic mass is 19.1. The highest BCUT2D eigenvalue weighted by molar-refractivity contribution is 6.62. The molecule has 0 atom stereocenters. The lowest BCUT2D eigenvalue weighted by Crippen LogP contribution is -2.41. The molecule has 2 rings (SSSR count). The van der Waals surface area contributed by atoms with E-state index in [1.54, 1.807) is 27.7 Å². The van der Waals surface area contributed by atoms with Gasteiger partial charge in [-0.25, -0.2) is 13.2 Å². The zero-order chi connectivity index (χ0) is 17.6. The van der Waals surface area contributed by atoms with Gasteiger partial charge in [0.15, 0.2) is 17.4 Å². The molecule has 0 saturated carbocycles. The largest absolute Gasteiger partial charge is 0.501 e. The van der Waals surface area contributed by atoms with Crippen LogP contribution in [0.2, 0.25) is 0 Å². The molecule has 3 nitrogen and oxygen atoms in total. The minimum absolute atomic E-state index is 0.0687. The van der Waals surface area contributed by atoms with E-state index >= 15 is 0 Å². The SMILES string of the molecule is CC(C)COc1c(F)cc(F)c(B2OC(C)(C)C(C)(C)O2)c1F. The molecule has 1 aliphatic heterocycles. The fraction of sp³-hybridized carbons (Fsp3) is 0.625. The summed E-state index contributed by atoms with van der Waals surface area (Å²) in [7, 11) is -1.26. The maximum Gasteiger partial charge on any atom is 0.501 e. The smallest absolute Gasteiger partial charge is 0.487 e. The highest BCUT2D eigenvalue weighted by Gasteiger charge is 2.53. The molecule has 7 heteroatoms. The first kappa shape index (κ1) is 18.1. The lowest BCUT2D eigenvalue weighted by atomic mass is 9.78. The second kappa shape index (κ2) is 6.02. The summed E-state index contributed by atoms with van der Waals surface area (Å²) in [5, 5.41) is 0. The monoisotopic (exact) mass is 330 g/mol. The van der Waals surface area contributed by atoms with Gasteiger partial charge in [0.1, 0.15) is 5.82 Å². The van der Waals surface area contributed by atoms with Crippen molar-refractivity contribution in [2.24, 2.45) is 5.92 Å². The number of benzene rings is 1. The first-order chi connectivity index (χ1) is 10.5. The van der Waals surface area contributed by atoms with Crippen LogP contribution in [-0.2, 0) is 9.31 Å². The quantitative estimate of drug-likeness (QED) is 0.792. The Morgan fingerprint density at radius 1 is 1.04 bits per heavy atom. The van der Waals surface area contributed by atoms with Crippen LogP contribution in [0.4, 0.5) is 13.2 Å². The molecule has 23 heavy (non-hydrogen) atoms. The van der Waals surface area contributed by atoms with E-state index in [0.717, 1.165) is 0 Å². The Hall–Kier alpha value is -1.21. The Balaban J connectivity index is 2.42. The summed E-state index contributed by atoms with van der Waals surface area (Å²) in [4.78, 5) is 0. The third-order valence-corrected chi connectivity index (χ3v) is 4.21. The van der Waals surface area contributed by atoms with E-state index in [-0.39, 0.29) is 12.5 Å². The molecule has 1 fully saturated rings. The minimum atomic E-state index is -1.26. The van der Waals surface area contributed by atoms with Crippen LogP contribution in [0.1, 0.15) is 41.5 Å². The van der Waals surface area contributed by atoms with Gasteiger partial charge in [0, 0.05) is 6.07 Å². The Morgan fingerprint density at radius 2 is 1.57 bits per heavy atom. The molecule has 0 radical (unpaired) electrons. The van der Waals surface area contributed by atoms with Gasteiger partial charge in [-0.3, -0.25) is 0 Å². The van der Waals surface area contributed by atoms with Crippen molar-refractivity contribution in [1.82, 2.24) is 0 Å². The molecule has 0 bridgehead atoms. The predicted octanol–water partition coefficient (Wildman–Crippen LogP) is 3.44. The number of hydrogen-bond donors (Lipinski definition) is 0. The third kappa shape index (κ3) is 3.35. The average Bonchev–Trinajstić information content (AvgIpc) is 2.56. The molecule has 0 amide bonds. The third-order valence-electron chi connectivity index (χ3n) is 4.21. The van der Waals surface area contributed by atoms with Crippen molar-refractivity contribution in [2.45, 2.75) is 52.7 Å². The first-order valence-electron chi connectivity index (χ1n) is 7.62. The van der Waals surface area contributed by atoms with Gasteiger partial charge in [-0.2, -0.15) is 0 Å². The number of halogens is 3. The van der Waals surface area contributed by atoms with E-state index in [9.17, 15) is 13.2 Å². The maximum atomic E-state index is 14.6. The van der Waals surface area contributed by atoms with Crippen molar-refractivity contribution in [1.29, 1.82) is 0 Å². The van der Waals surface area contributed by atoms with Crippen LogP contribution in [0.25, 0.3) is 0 Å². The van der Waals surface area contributed by atoms with Crippen LogP contribution in [0.5, 0.6) is 5.75 Å². The zero-order valence-electron chi connectivity index (χ0n) is 14.3. The van der Waals surface area contributed by atoms with Crippen LogP contribution in [0.3, 0.4) is 0 Å². The summed E-state index contributed by atoms with van der Waals surface area (Å²) in [5.74, 6) is -3.80. The highest BCUT2D eigenvalue weighted by Crippen LogP contribution is 2.37. The molecule has 0 spiro atoms. The fourth-order valence-electron chi connectivity index (χ4n) is 2.15. The van der Waals surface area contributed by atoms with Gasteiger partial charge in [0.2, 0.25) is 0 Å². The molecule has 1 saturated heterocycles. The standard InChI is InChI=1S/C16H22BF3O3/c1-9(2)8-21-14-11(19)7-10(18)12(13(14)20)17-22-15(3,4)16(5,6)23-17/h7,9H,8H2,1-6H3. The first-order valence-corrected chi connectivity index (χ1v) is 7.62. The summed E-state index contributed by atoms with van der Waals surface area (Å²) in [5.41, 5.74) is -1.99. The molecule has 0 N–H and O–H groups in total. The van der Waals surface area contributed by atoms with Crippen molar-refractivity contribution >= 4 is 12.6 Å². The summed E-state index contributed by atoms with van der Waals surface area (Å²) in [6.45, 7) is 10.9. The number of hydrogen-bond acceptors (Lipinski definition) is 3. The van der Waals surface area contributed by atoms with Crippen LogP contribution >= 0.6 is 0 Å². The summed E-state index contributed by atoms with van der Waals surface area (Å²) in [6, 6.07) is 0.596. The van der Waals surface area contributed by atoms with Crippen LogP contribution in [0.15, 0.2) is 6.07 Å². The van der Waals surface area contributed by atoms with E-state index in [2.05, 4.69) is 0 Å². The summed E-state index contributed by atoms with van der Waals surface area (Å²) in [6.07, 6.45) is 0. The molecule has 1 aliphatic rings. The molecular weight excluding hydrogens is 308 g/mol. The Morgan fingerprint density at radius 3 is 2.04 bits per heavy atom. The molecule has 0 aromatic heterocycles. The maximum absolute atomic E-state index is 14.6. The van der Waals surface area contributed by atoms with Gasteiger partial charge in [-0.05, 0) is 33.6 Å². The molecule has 1 heterocycles. The van der Waals surface area contributed by atoms with E-state index in [0.29, 0.717) is 6.07 Å². The van der Waals surface area contributed by atoms with Gasteiger partial charge in [-0.1, -0.05) is 13.8 Å². The van der Waals surface area contributed by atoms with Gasteiger partial charge >= 0.3 is 7.12 Å². The Kier molecular flexibility index (Phi) is 4.75. The fourth-order valence-corrected chi connectivity index (χ4v) is 2.15. The van der Waals surface area contributed by atoms with Crippen molar-refractivity contribution in [3.8, 4) is 5.75 Å². The van der Waals surface area contributed by atoms with Crippen molar-refractivity contribution in [2.75, 3.05) is 6.61 Å². The van der Waals surface area contributed by atoms with Crippen molar-refractivity contribution < 1.29 is 27.2 Å². The number of ether oxygens (including phenoxy) is 1. The van der Waals surface area contributed by atoms with Gasteiger partial charge < -0.3 is 14.0 Å². The van der Waals surface area contributed by atoms with Gasteiger partial charge in [-0.15, -0.1) is 0 Å². The molecule has 0 aliphatic carbocycles. The molecule has 128 valence electrons. The van der Waals surface area contributed by atoms with Gasteiger partial charge in [0.25, 0.3) is 0 Å². The van der Waals surface area contributed by atoms with E-state index in [1.807, 2.05) is 13.8 Å². The van der Waals surface area contributed by atoms with Crippen molar-refractivity contribution in [3.05, 3.63) is 23.5 Å². The summed E-state index contributed by atoms with van der Waals surface area (Å²) >= 11 is 0. The molecule has 0 unspecified atom stereocenters. The average molecular weight is 330 g/mol. The topological polar surface area (TPSA) is 27.7 Å². The second-order valence-electron chi connectivity index (χ2n) is 7.19. The molecular formula is C16H22BF3O3. The summed E-state index contributed by atoms with van der Waals surface area (Å²) < 4.78 is 59.1. The van der Waals surface area contributed by atoms with Crippen LogP contribution in [-0.4, -0.2) is 24.9 Å². The minimum Gasteiger partial charge on any atom is -0.487 e. The van der Waals surface area contributed by atoms with E-state index in [4.69, 9.17) is 14.0 Å². The second-order valence-corrected chi connectivity index (χ2v) is 7.19. The lowest BCUT2D eigenvalue weighted by Gasteiger charge is -2.32. The molecule has 1 aromatic carbocycles. The van der Waals surface area contributed by atoms with E-state index in [1.165, 1.54) is 0 Å². The van der Waals surface area contributed by atoms with Gasteiger partial charge in [0.05, 0.1) is 23.3 Å². The molecule has 1 aromatic rings. The predicted molar refractivity (Wildman–Crippen MR) is 82.4 cm³/mol. The normalized spacial score (nSPS) is 19.5. The Labute approximate surface area is 135 Å². The van der Waals surface area contributed by atoms with Crippen LogP contribution < -0.4 is 10.2 Å². The van der Waals surface area contributed by atoms with E-state index < -0.39 is 47.0 Å². The zero-order valence-corrected chi connectivity index (χ0v) is 14.3.